The third-order valence-electron chi connectivity index (χ3n) is 6.65. The van der Waals surface area contributed by atoms with Crippen molar-refractivity contribution in [1.82, 2.24) is 0 Å². The molecule has 2 aliphatic carbocycles. The van der Waals surface area contributed by atoms with Crippen molar-refractivity contribution in [3.63, 3.8) is 0 Å². The normalized spacial score (nSPS) is 17.1. The average molecular weight is 703 g/mol. The summed E-state index contributed by atoms with van der Waals surface area (Å²) in [6.07, 6.45) is 11.5. The van der Waals surface area contributed by atoms with E-state index in [-0.39, 0.29) is 34.8 Å². The van der Waals surface area contributed by atoms with E-state index in [1.54, 1.807) is 21.6 Å². The minimum atomic E-state index is -0.243. The fourth-order valence-electron chi connectivity index (χ4n) is 5.01. The Bertz CT molecular complexity index is 1490. The molecule has 6 rings (SSSR count). The van der Waals surface area contributed by atoms with E-state index in [1.807, 2.05) is 0 Å². The topological polar surface area (TPSA) is 0 Å². The van der Waals surface area contributed by atoms with Crippen molar-refractivity contribution < 1.29 is 46.4 Å². The summed E-state index contributed by atoms with van der Waals surface area (Å²) in [5, 5.41) is 5.21. The minimum absolute atomic E-state index is 0. The summed E-state index contributed by atoms with van der Waals surface area (Å²) in [6.45, 7) is 8.64. The second-order valence-corrected chi connectivity index (χ2v) is 27.4. The molecule has 0 radical (unpaired) electrons. The summed E-state index contributed by atoms with van der Waals surface area (Å²) in [4.78, 5) is 0. The van der Waals surface area contributed by atoms with Gasteiger partial charge in [-0.2, -0.15) is 23.3 Å². The number of hydrogen-bond donors (Lipinski definition) is 0. The molecule has 4 heteroatoms. The number of fused-ring (bicyclic) bond motifs is 2. The van der Waals surface area contributed by atoms with Gasteiger partial charge in [-0.25, -0.2) is 11.1 Å². The van der Waals surface area contributed by atoms with Crippen LogP contribution >= 0.6 is 0 Å². The molecule has 204 valence electrons. The van der Waals surface area contributed by atoms with Crippen LogP contribution in [0.15, 0.2) is 108 Å². The van der Waals surface area contributed by atoms with Crippen LogP contribution in [0.5, 0.6) is 0 Å². The summed E-state index contributed by atoms with van der Waals surface area (Å²) in [6, 6.07) is 30.3. The molecule has 0 saturated heterocycles. The molecular formula is C36H36Cl2GeZr-2. The van der Waals surface area contributed by atoms with E-state index >= 15 is 0 Å². The quantitative estimate of drug-likeness (QED) is 0.219. The molecular weight excluding hydrogens is 667 g/mol. The van der Waals surface area contributed by atoms with E-state index in [0.29, 0.717) is 11.8 Å². The molecule has 0 bridgehead atoms. The zero-order valence-corrected chi connectivity index (χ0v) is 30.2. The number of halogens is 2. The molecule has 2 aliphatic rings. The van der Waals surface area contributed by atoms with Gasteiger partial charge in [0.2, 0.25) is 0 Å². The summed E-state index contributed by atoms with van der Waals surface area (Å²) < 4.78 is 0. The third kappa shape index (κ3) is 9.19. The molecule has 2 atom stereocenters. The van der Waals surface area contributed by atoms with Crippen LogP contribution in [0.1, 0.15) is 38.8 Å². The van der Waals surface area contributed by atoms with Crippen LogP contribution < -0.4 is 24.8 Å². The van der Waals surface area contributed by atoms with Crippen molar-refractivity contribution in [2.24, 2.45) is 11.8 Å². The van der Waals surface area contributed by atoms with Crippen LogP contribution in [-0.4, -0.2) is 9.98 Å². The standard InChI is InChI=1S/2C17H15.C2H6Ge.2ClH.Zr/c2*1-12-9-13(2)17(10-12)16-8-7-14-5-3-4-6-15(14)11-16;1-3-2;;;/h2*3-8,10-12H,1-2H3;1-2H3;2*1H;/q2*-1;;;;+2/p-2. The van der Waals surface area contributed by atoms with Gasteiger partial charge in [0, 0.05) is 0 Å². The number of rotatable bonds is 2. The zero-order valence-electron chi connectivity index (χ0n) is 24.1. The van der Waals surface area contributed by atoms with Gasteiger partial charge < -0.3 is 24.8 Å². The van der Waals surface area contributed by atoms with Gasteiger partial charge in [0.15, 0.2) is 0 Å². The Kier molecular flexibility index (Phi) is 13.9. The molecule has 0 heterocycles. The smallest absolute Gasteiger partial charge is 1.00 e. The molecule has 2 unspecified atom stereocenters. The van der Waals surface area contributed by atoms with Crippen LogP contribution in [-0.2, 0) is 21.6 Å². The van der Waals surface area contributed by atoms with Crippen LogP contribution in [0.4, 0.5) is 0 Å². The fraction of sp³-hybridized carbons (Fsp3) is 0.222. The van der Waals surface area contributed by atoms with Crippen molar-refractivity contribution in [3.8, 4) is 0 Å². The monoisotopic (exact) mass is 702 g/mol. The summed E-state index contributed by atoms with van der Waals surface area (Å²) >= 11 is 1.80. The van der Waals surface area contributed by atoms with Gasteiger partial charge in [-0.05, 0) is 21.5 Å². The summed E-state index contributed by atoms with van der Waals surface area (Å²) in [7, 11) is -0.243. The first kappa shape index (κ1) is 34.6. The van der Waals surface area contributed by atoms with Crippen LogP contribution in [0.2, 0.25) is 11.5 Å². The average Bonchev–Trinajstić information content (AvgIpc) is 3.42. The Morgan fingerprint density at radius 1 is 0.575 bits per heavy atom. The van der Waals surface area contributed by atoms with E-state index in [1.165, 1.54) is 55.0 Å². The van der Waals surface area contributed by atoms with Crippen molar-refractivity contribution in [2.45, 2.75) is 39.2 Å². The Morgan fingerprint density at radius 2 is 0.900 bits per heavy atom. The molecule has 0 fully saturated rings. The predicted octanol–water partition coefficient (Wildman–Crippen LogP) is 4.04. The molecule has 0 aromatic heterocycles. The van der Waals surface area contributed by atoms with Crippen LogP contribution in [0.25, 0.3) is 32.7 Å². The number of hydrogen-bond acceptors (Lipinski definition) is 0. The number of benzene rings is 4. The van der Waals surface area contributed by atoms with Gasteiger partial charge >= 0.3 is 43.1 Å². The Labute approximate surface area is 269 Å². The van der Waals surface area contributed by atoms with Gasteiger partial charge in [-0.1, -0.05) is 136 Å². The summed E-state index contributed by atoms with van der Waals surface area (Å²) in [5.41, 5.74) is 7.82. The molecule has 0 aliphatic heterocycles. The van der Waals surface area contributed by atoms with Crippen molar-refractivity contribution in [2.75, 3.05) is 0 Å². The molecule has 0 nitrogen and oxygen atoms in total. The Balaban J connectivity index is 0.000000237. The van der Waals surface area contributed by atoms with Crippen LogP contribution in [0.3, 0.4) is 0 Å². The largest absolute Gasteiger partial charge is 1.00 e. The SMILES string of the molecule is CC1=[C-]C(C)C=C1c1ccc2ccccc2c1.CC1=[C-]C(C)C=C1c1ccc2ccccc2c1.[CH3][Ge]([CH3])=[Zr+2].[Cl-].[Cl-]. The molecule has 4 aromatic carbocycles. The second kappa shape index (κ2) is 16.1. The fourth-order valence-corrected chi connectivity index (χ4v) is 5.01. The van der Waals surface area contributed by atoms with Gasteiger partial charge in [0.05, 0.1) is 0 Å². The van der Waals surface area contributed by atoms with E-state index in [2.05, 4.69) is 148 Å². The number of allylic oxidation sites excluding steroid dienone is 8. The Morgan fingerprint density at radius 3 is 1.20 bits per heavy atom. The zero-order chi connectivity index (χ0) is 27.2. The molecule has 0 saturated carbocycles. The van der Waals surface area contributed by atoms with Crippen LogP contribution in [0, 0.1) is 24.0 Å². The van der Waals surface area contributed by atoms with E-state index in [4.69, 9.17) is 0 Å². The van der Waals surface area contributed by atoms with Crippen molar-refractivity contribution in [3.05, 3.63) is 132 Å². The summed E-state index contributed by atoms with van der Waals surface area (Å²) in [5.74, 6) is 5.63. The third-order valence-corrected chi connectivity index (χ3v) is 6.65. The van der Waals surface area contributed by atoms with E-state index in [0.717, 1.165) is 0 Å². The first-order valence-electron chi connectivity index (χ1n) is 13.4. The molecule has 0 amide bonds. The Hall–Kier alpha value is -1.63. The van der Waals surface area contributed by atoms with Gasteiger partial charge in [-0.15, -0.1) is 0 Å². The first-order chi connectivity index (χ1) is 18.2. The van der Waals surface area contributed by atoms with E-state index < -0.39 is 0 Å². The first-order valence-corrected chi connectivity index (χ1v) is 25.0. The van der Waals surface area contributed by atoms with Gasteiger partial charge in [0.1, 0.15) is 0 Å². The van der Waals surface area contributed by atoms with E-state index in [9.17, 15) is 0 Å². The van der Waals surface area contributed by atoms with Gasteiger partial charge in [-0.3, -0.25) is 12.2 Å². The van der Waals surface area contributed by atoms with Crippen molar-refractivity contribution >= 4 is 42.7 Å². The van der Waals surface area contributed by atoms with Crippen molar-refractivity contribution in [1.29, 1.82) is 0 Å². The maximum absolute atomic E-state index is 3.44. The predicted molar refractivity (Wildman–Crippen MR) is 165 cm³/mol. The van der Waals surface area contributed by atoms with Gasteiger partial charge in [0.25, 0.3) is 0 Å². The minimum Gasteiger partial charge on any atom is -1.00 e. The maximum atomic E-state index is 3.44. The molecule has 0 spiro atoms. The molecule has 40 heavy (non-hydrogen) atoms. The maximum Gasteiger partial charge on any atom is -1.00 e. The second-order valence-electron chi connectivity index (χ2n) is 10.4. The molecule has 4 aromatic rings. The molecule has 0 N–H and O–H groups in total.